The number of rotatable bonds is 7. The number of likely N-dealkylation sites (tertiary alicyclic amines) is 1. The van der Waals surface area contributed by atoms with E-state index in [2.05, 4.69) is 36.3 Å². The van der Waals surface area contributed by atoms with Crippen LogP contribution in [0.15, 0.2) is 4.99 Å². The van der Waals surface area contributed by atoms with Crippen LogP contribution in [0, 0.1) is 0 Å². The summed E-state index contributed by atoms with van der Waals surface area (Å²) in [5.74, 6) is 0.928. The Morgan fingerprint density at radius 2 is 2.00 bits per heavy atom. The molecule has 2 aliphatic heterocycles. The smallest absolute Gasteiger partial charge is 0.191 e. The average molecular weight is 310 g/mol. The number of nitrogens with one attached hydrogen (secondary N) is 2. The minimum Gasteiger partial charge on any atom is -0.373 e. The van der Waals surface area contributed by atoms with E-state index in [0.29, 0.717) is 6.04 Å². The van der Waals surface area contributed by atoms with Crippen molar-refractivity contribution in [2.24, 2.45) is 4.99 Å². The van der Waals surface area contributed by atoms with Gasteiger partial charge in [0.05, 0.1) is 12.1 Å². The van der Waals surface area contributed by atoms with Gasteiger partial charge in [-0.05, 0) is 59.0 Å². The first-order valence-corrected chi connectivity index (χ1v) is 9.07. The number of guanidine groups is 1. The standard InChI is InChI=1S/C17H34N4O/c1-4-15(21-10-6-7-11-21)13-19-16(18-5-2)20-14-17(3)9-8-12-22-17/h15H,4-14H2,1-3H3,(H2,18,19,20). The van der Waals surface area contributed by atoms with Gasteiger partial charge in [-0.15, -0.1) is 0 Å². The first kappa shape index (κ1) is 17.5. The molecule has 0 aromatic carbocycles. The molecule has 2 fully saturated rings. The Morgan fingerprint density at radius 1 is 1.23 bits per heavy atom. The normalized spacial score (nSPS) is 28.0. The quantitative estimate of drug-likeness (QED) is 0.558. The lowest BCUT2D eigenvalue weighted by atomic mass is 10.0. The molecule has 0 amide bonds. The van der Waals surface area contributed by atoms with Gasteiger partial charge < -0.3 is 15.4 Å². The number of nitrogens with zero attached hydrogens (tertiary/aromatic N) is 2. The van der Waals surface area contributed by atoms with Crippen LogP contribution >= 0.6 is 0 Å². The van der Waals surface area contributed by atoms with E-state index in [9.17, 15) is 0 Å². The maximum absolute atomic E-state index is 5.83. The Kier molecular flexibility index (Phi) is 6.96. The van der Waals surface area contributed by atoms with Crippen molar-refractivity contribution >= 4 is 5.96 Å². The highest BCUT2D eigenvalue weighted by molar-refractivity contribution is 5.79. The third-order valence-electron chi connectivity index (χ3n) is 4.85. The van der Waals surface area contributed by atoms with Crippen LogP contribution in [-0.2, 0) is 4.74 Å². The summed E-state index contributed by atoms with van der Waals surface area (Å²) in [5, 5.41) is 6.89. The van der Waals surface area contributed by atoms with Crippen LogP contribution in [0.5, 0.6) is 0 Å². The molecule has 5 nitrogen and oxygen atoms in total. The van der Waals surface area contributed by atoms with Crippen LogP contribution < -0.4 is 10.6 Å². The molecular formula is C17H34N4O. The van der Waals surface area contributed by atoms with Crippen LogP contribution in [0.3, 0.4) is 0 Å². The second kappa shape index (κ2) is 8.73. The summed E-state index contributed by atoms with van der Waals surface area (Å²) in [5.41, 5.74) is -0.0680. The van der Waals surface area contributed by atoms with E-state index >= 15 is 0 Å². The first-order chi connectivity index (χ1) is 10.7. The zero-order chi connectivity index (χ0) is 15.8. The van der Waals surface area contributed by atoms with Crippen molar-refractivity contribution in [2.75, 3.05) is 39.3 Å². The highest BCUT2D eigenvalue weighted by Crippen LogP contribution is 2.25. The van der Waals surface area contributed by atoms with Gasteiger partial charge in [-0.1, -0.05) is 6.92 Å². The van der Waals surface area contributed by atoms with Gasteiger partial charge in [0.1, 0.15) is 0 Å². The lowest BCUT2D eigenvalue weighted by Crippen LogP contribution is -2.46. The van der Waals surface area contributed by atoms with Crippen molar-refractivity contribution in [3.05, 3.63) is 0 Å². The Bertz CT molecular complexity index is 347. The fourth-order valence-corrected chi connectivity index (χ4v) is 3.40. The third-order valence-corrected chi connectivity index (χ3v) is 4.85. The maximum Gasteiger partial charge on any atom is 0.191 e. The molecule has 0 aromatic heterocycles. The van der Waals surface area contributed by atoms with Crippen LogP contribution in [-0.4, -0.2) is 61.8 Å². The Morgan fingerprint density at radius 3 is 2.59 bits per heavy atom. The van der Waals surface area contributed by atoms with E-state index in [1.54, 1.807) is 0 Å². The number of aliphatic imine (C=N–C) groups is 1. The molecule has 0 spiro atoms. The highest BCUT2D eigenvalue weighted by Gasteiger charge is 2.29. The zero-order valence-corrected chi connectivity index (χ0v) is 14.7. The molecule has 2 aliphatic rings. The molecule has 0 saturated carbocycles. The predicted octanol–water partition coefficient (Wildman–Crippen LogP) is 1.99. The SMILES string of the molecule is CCNC(=NCC1(C)CCCO1)NCC(CC)N1CCCC1. The van der Waals surface area contributed by atoms with E-state index in [-0.39, 0.29) is 5.60 Å². The van der Waals surface area contributed by atoms with Gasteiger partial charge >= 0.3 is 0 Å². The molecular weight excluding hydrogens is 276 g/mol. The monoisotopic (exact) mass is 310 g/mol. The van der Waals surface area contributed by atoms with Crippen molar-refractivity contribution in [3.8, 4) is 0 Å². The van der Waals surface area contributed by atoms with Gasteiger partial charge in [0.25, 0.3) is 0 Å². The van der Waals surface area contributed by atoms with Gasteiger partial charge in [-0.3, -0.25) is 9.89 Å². The van der Waals surface area contributed by atoms with Crippen LogP contribution in [0.2, 0.25) is 0 Å². The molecule has 0 radical (unpaired) electrons. The molecule has 0 bridgehead atoms. The predicted molar refractivity (Wildman–Crippen MR) is 92.5 cm³/mol. The lowest BCUT2D eigenvalue weighted by Gasteiger charge is -2.27. The zero-order valence-electron chi connectivity index (χ0n) is 14.7. The molecule has 0 aromatic rings. The van der Waals surface area contributed by atoms with Gasteiger partial charge in [0, 0.05) is 25.7 Å². The number of hydrogen-bond acceptors (Lipinski definition) is 3. The molecule has 128 valence electrons. The second-order valence-electron chi connectivity index (χ2n) is 6.78. The van der Waals surface area contributed by atoms with Crippen LogP contribution in [0.1, 0.15) is 52.9 Å². The molecule has 2 N–H and O–H groups in total. The fraction of sp³-hybridized carbons (Fsp3) is 0.941. The molecule has 22 heavy (non-hydrogen) atoms. The van der Waals surface area contributed by atoms with Gasteiger partial charge in [-0.25, -0.2) is 0 Å². The summed E-state index contributed by atoms with van der Waals surface area (Å²) in [6, 6.07) is 0.615. The number of ether oxygens (including phenoxy) is 1. The molecule has 5 heteroatoms. The lowest BCUT2D eigenvalue weighted by molar-refractivity contribution is 0.0283. The largest absolute Gasteiger partial charge is 0.373 e. The minimum absolute atomic E-state index is 0.0680. The highest BCUT2D eigenvalue weighted by atomic mass is 16.5. The summed E-state index contributed by atoms with van der Waals surface area (Å²) >= 11 is 0. The molecule has 2 atom stereocenters. The molecule has 2 saturated heterocycles. The molecule has 2 heterocycles. The second-order valence-corrected chi connectivity index (χ2v) is 6.78. The summed E-state index contributed by atoms with van der Waals surface area (Å²) in [6.45, 7) is 12.5. The Balaban J connectivity index is 1.84. The van der Waals surface area contributed by atoms with Gasteiger partial charge in [-0.2, -0.15) is 0 Å². The van der Waals surface area contributed by atoms with Crippen molar-refractivity contribution in [1.82, 2.24) is 15.5 Å². The Hall–Kier alpha value is -0.810. The Labute approximate surface area is 135 Å². The van der Waals surface area contributed by atoms with E-state index in [0.717, 1.165) is 45.0 Å². The average Bonchev–Trinajstić information content (AvgIpc) is 3.18. The van der Waals surface area contributed by atoms with E-state index in [1.807, 2.05) is 0 Å². The molecule has 2 rings (SSSR count). The van der Waals surface area contributed by atoms with Crippen molar-refractivity contribution < 1.29 is 4.74 Å². The topological polar surface area (TPSA) is 48.9 Å². The van der Waals surface area contributed by atoms with Crippen LogP contribution in [0.4, 0.5) is 0 Å². The third kappa shape index (κ3) is 5.13. The first-order valence-electron chi connectivity index (χ1n) is 9.07. The fourth-order valence-electron chi connectivity index (χ4n) is 3.40. The molecule has 2 unspecified atom stereocenters. The van der Waals surface area contributed by atoms with E-state index < -0.39 is 0 Å². The van der Waals surface area contributed by atoms with Gasteiger partial charge in [0.15, 0.2) is 5.96 Å². The van der Waals surface area contributed by atoms with Crippen molar-refractivity contribution in [1.29, 1.82) is 0 Å². The van der Waals surface area contributed by atoms with Gasteiger partial charge in [0.2, 0.25) is 0 Å². The summed E-state index contributed by atoms with van der Waals surface area (Å²) in [4.78, 5) is 7.36. The summed E-state index contributed by atoms with van der Waals surface area (Å²) in [7, 11) is 0. The van der Waals surface area contributed by atoms with Crippen molar-refractivity contribution in [3.63, 3.8) is 0 Å². The van der Waals surface area contributed by atoms with E-state index in [4.69, 9.17) is 9.73 Å². The molecule has 0 aliphatic carbocycles. The van der Waals surface area contributed by atoms with E-state index in [1.165, 1.54) is 32.4 Å². The van der Waals surface area contributed by atoms with Crippen LogP contribution in [0.25, 0.3) is 0 Å². The minimum atomic E-state index is -0.0680. The van der Waals surface area contributed by atoms with Crippen molar-refractivity contribution in [2.45, 2.75) is 64.5 Å². The summed E-state index contributed by atoms with van der Waals surface area (Å²) in [6.07, 6.45) is 6.15. The maximum atomic E-state index is 5.83. The number of hydrogen-bond donors (Lipinski definition) is 2. The summed E-state index contributed by atoms with van der Waals surface area (Å²) < 4.78 is 5.83.